The summed E-state index contributed by atoms with van der Waals surface area (Å²) in [4.78, 5) is 24.2. The highest BCUT2D eigenvalue weighted by Gasteiger charge is 2.30. The molecule has 1 heterocycles. The van der Waals surface area contributed by atoms with Crippen molar-refractivity contribution in [1.29, 1.82) is 0 Å². The van der Waals surface area contributed by atoms with E-state index in [1.165, 1.54) is 18.4 Å². The van der Waals surface area contributed by atoms with E-state index >= 15 is 0 Å². The number of carbonyl (C=O) groups is 2. The van der Waals surface area contributed by atoms with Crippen molar-refractivity contribution in [3.63, 3.8) is 0 Å². The summed E-state index contributed by atoms with van der Waals surface area (Å²) in [6.07, 6.45) is 1.48. The molecule has 0 bridgehead atoms. The first-order valence-corrected chi connectivity index (χ1v) is 10.2. The molecular formula is C19H24N2O6S. The van der Waals surface area contributed by atoms with Gasteiger partial charge < -0.3 is 14.5 Å². The van der Waals surface area contributed by atoms with E-state index in [0.29, 0.717) is 5.76 Å². The van der Waals surface area contributed by atoms with E-state index in [-0.39, 0.29) is 17.4 Å². The van der Waals surface area contributed by atoms with Crippen LogP contribution in [-0.4, -0.2) is 32.9 Å². The zero-order valence-corrected chi connectivity index (χ0v) is 16.8. The molecule has 0 unspecified atom stereocenters. The normalized spacial score (nSPS) is 12.6. The molecule has 0 saturated carbocycles. The Labute approximate surface area is 164 Å². The molecule has 1 aromatic heterocycles. The number of amides is 1. The van der Waals surface area contributed by atoms with Gasteiger partial charge in [0.2, 0.25) is 10.0 Å². The lowest BCUT2D eigenvalue weighted by atomic mass is 10.1. The molecule has 0 aliphatic rings. The van der Waals surface area contributed by atoms with E-state index in [4.69, 9.17) is 9.15 Å². The highest BCUT2D eigenvalue weighted by Crippen LogP contribution is 2.13. The van der Waals surface area contributed by atoms with Crippen molar-refractivity contribution in [2.75, 3.05) is 6.61 Å². The average molecular weight is 408 g/mol. The van der Waals surface area contributed by atoms with Gasteiger partial charge in [-0.3, -0.25) is 9.59 Å². The number of furan rings is 1. The van der Waals surface area contributed by atoms with Gasteiger partial charge >= 0.3 is 5.97 Å². The van der Waals surface area contributed by atoms with Gasteiger partial charge in [-0.2, -0.15) is 4.72 Å². The largest absolute Gasteiger partial charge is 0.467 e. The average Bonchev–Trinajstić information content (AvgIpc) is 3.16. The first kappa shape index (κ1) is 21.6. The number of rotatable bonds is 9. The fourth-order valence-corrected chi connectivity index (χ4v) is 3.62. The summed E-state index contributed by atoms with van der Waals surface area (Å²) >= 11 is 0. The molecule has 2 rings (SSSR count). The van der Waals surface area contributed by atoms with Crippen LogP contribution in [0.25, 0.3) is 0 Å². The van der Waals surface area contributed by atoms with Crippen molar-refractivity contribution < 1.29 is 27.2 Å². The number of hydrogen-bond acceptors (Lipinski definition) is 6. The minimum absolute atomic E-state index is 0.0488. The molecule has 1 amide bonds. The van der Waals surface area contributed by atoms with Gasteiger partial charge in [-0.1, -0.05) is 31.5 Å². The number of hydrogen-bond donors (Lipinski definition) is 2. The van der Waals surface area contributed by atoms with E-state index in [9.17, 15) is 18.0 Å². The fraction of sp³-hybridized carbons (Fsp3) is 0.368. The third-order valence-electron chi connectivity index (χ3n) is 3.92. The zero-order valence-electron chi connectivity index (χ0n) is 16.0. The maximum atomic E-state index is 12.5. The Kier molecular flexibility index (Phi) is 7.36. The molecular weight excluding hydrogens is 384 g/mol. The van der Waals surface area contributed by atoms with Gasteiger partial charge in [0.25, 0.3) is 5.91 Å². The number of aryl methyl sites for hydroxylation is 1. The van der Waals surface area contributed by atoms with Crippen LogP contribution in [0.4, 0.5) is 0 Å². The Morgan fingerprint density at radius 3 is 2.39 bits per heavy atom. The molecule has 0 spiro atoms. The predicted molar refractivity (Wildman–Crippen MR) is 102 cm³/mol. The van der Waals surface area contributed by atoms with Crippen LogP contribution in [-0.2, 0) is 30.9 Å². The van der Waals surface area contributed by atoms with Crippen LogP contribution < -0.4 is 10.0 Å². The van der Waals surface area contributed by atoms with Crippen LogP contribution in [0.2, 0.25) is 0 Å². The van der Waals surface area contributed by atoms with E-state index in [2.05, 4.69) is 10.0 Å². The number of nitrogens with one attached hydrogen (secondary N) is 2. The van der Waals surface area contributed by atoms with Gasteiger partial charge in [0.05, 0.1) is 17.7 Å². The van der Waals surface area contributed by atoms with E-state index in [1.54, 1.807) is 38.1 Å². The van der Waals surface area contributed by atoms with E-state index in [1.807, 2.05) is 6.92 Å². The molecule has 0 radical (unpaired) electrons. The van der Waals surface area contributed by atoms with Crippen molar-refractivity contribution in [3.8, 4) is 0 Å². The van der Waals surface area contributed by atoms with Gasteiger partial charge in [-0.15, -0.1) is 0 Å². The zero-order chi connectivity index (χ0) is 20.7. The number of sulfonamides is 1. The van der Waals surface area contributed by atoms with Crippen molar-refractivity contribution in [3.05, 3.63) is 54.0 Å². The summed E-state index contributed by atoms with van der Waals surface area (Å²) in [5.74, 6) is -1.16. The molecule has 0 saturated heterocycles. The van der Waals surface area contributed by atoms with E-state index in [0.717, 1.165) is 5.56 Å². The number of ether oxygens (including phenoxy) is 1. The molecule has 0 aliphatic carbocycles. The lowest BCUT2D eigenvalue weighted by Gasteiger charge is -2.20. The maximum absolute atomic E-state index is 12.5. The SMILES string of the molecule is Cc1ccc(S(=O)(=O)N[C@@H](C(=O)OCC(=O)NCc2ccco2)C(C)C)cc1. The van der Waals surface area contributed by atoms with Gasteiger partial charge in [-0.05, 0) is 37.1 Å². The molecule has 0 aliphatic heterocycles. The summed E-state index contributed by atoms with van der Waals surface area (Å²) in [7, 11) is -3.91. The third kappa shape index (κ3) is 6.21. The van der Waals surface area contributed by atoms with Crippen molar-refractivity contribution in [2.24, 2.45) is 5.92 Å². The lowest BCUT2D eigenvalue weighted by molar-refractivity contribution is -0.151. The van der Waals surface area contributed by atoms with Crippen LogP contribution in [0.1, 0.15) is 25.2 Å². The second-order valence-corrected chi connectivity index (χ2v) is 8.33. The molecule has 152 valence electrons. The summed E-state index contributed by atoms with van der Waals surface area (Å²) in [5.41, 5.74) is 0.916. The monoisotopic (exact) mass is 408 g/mol. The Morgan fingerprint density at radius 1 is 1.14 bits per heavy atom. The second-order valence-electron chi connectivity index (χ2n) is 6.62. The van der Waals surface area contributed by atoms with Gasteiger partial charge in [0.1, 0.15) is 11.8 Å². The quantitative estimate of drug-likeness (QED) is 0.611. The van der Waals surface area contributed by atoms with Crippen LogP contribution in [0.5, 0.6) is 0 Å². The molecule has 9 heteroatoms. The topological polar surface area (TPSA) is 115 Å². The van der Waals surface area contributed by atoms with Gasteiger partial charge in [-0.25, -0.2) is 8.42 Å². The number of benzene rings is 1. The predicted octanol–water partition coefficient (Wildman–Crippen LogP) is 1.75. The van der Waals surface area contributed by atoms with Crippen LogP contribution in [0.3, 0.4) is 0 Å². The van der Waals surface area contributed by atoms with Crippen LogP contribution >= 0.6 is 0 Å². The summed E-state index contributed by atoms with van der Waals surface area (Å²) < 4.78 is 37.5. The molecule has 8 nitrogen and oxygen atoms in total. The third-order valence-corrected chi connectivity index (χ3v) is 5.38. The molecule has 28 heavy (non-hydrogen) atoms. The van der Waals surface area contributed by atoms with Crippen LogP contribution in [0, 0.1) is 12.8 Å². The standard InChI is InChI=1S/C19H24N2O6S/c1-13(2)18(21-28(24,25)16-8-6-14(3)7-9-16)19(23)27-12-17(22)20-11-15-5-4-10-26-15/h4-10,13,18,21H,11-12H2,1-3H3,(H,20,22)/t18-/m1/s1. The van der Waals surface area contributed by atoms with E-state index < -0.39 is 34.5 Å². The Morgan fingerprint density at radius 2 is 1.82 bits per heavy atom. The molecule has 1 atom stereocenters. The first-order valence-electron chi connectivity index (χ1n) is 8.74. The maximum Gasteiger partial charge on any atom is 0.324 e. The lowest BCUT2D eigenvalue weighted by Crippen LogP contribution is -2.46. The first-order chi connectivity index (χ1) is 13.2. The smallest absolute Gasteiger partial charge is 0.324 e. The Hall–Kier alpha value is -2.65. The van der Waals surface area contributed by atoms with Gasteiger partial charge in [0, 0.05) is 0 Å². The molecule has 2 aromatic rings. The highest BCUT2D eigenvalue weighted by molar-refractivity contribution is 7.89. The van der Waals surface area contributed by atoms with Crippen molar-refractivity contribution >= 4 is 21.9 Å². The minimum Gasteiger partial charge on any atom is -0.467 e. The molecule has 1 aromatic carbocycles. The van der Waals surface area contributed by atoms with Crippen LogP contribution in [0.15, 0.2) is 52.0 Å². The summed E-state index contributed by atoms with van der Waals surface area (Å²) in [5, 5.41) is 2.54. The minimum atomic E-state index is -3.91. The highest BCUT2D eigenvalue weighted by atomic mass is 32.2. The second kappa shape index (κ2) is 9.52. The number of carbonyl (C=O) groups excluding carboxylic acids is 2. The molecule has 0 fully saturated rings. The fourth-order valence-electron chi connectivity index (χ4n) is 2.29. The molecule has 2 N–H and O–H groups in total. The van der Waals surface area contributed by atoms with Gasteiger partial charge in [0.15, 0.2) is 6.61 Å². The summed E-state index contributed by atoms with van der Waals surface area (Å²) in [6.45, 7) is 4.85. The Bertz CT molecular complexity index is 889. The van der Waals surface area contributed by atoms with Crippen molar-refractivity contribution in [2.45, 2.75) is 38.3 Å². The Balaban J connectivity index is 1.93. The number of esters is 1. The van der Waals surface area contributed by atoms with Crippen molar-refractivity contribution in [1.82, 2.24) is 10.0 Å². The summed E-state index contributed by atoms with van der Waals surface area (Å²) in [6, 6.07) is 8.52.